The highest BCUT2D eigenvalue weighted by atomic mass is 35.5. The van der Waals surface area contributed by atoms with E-state index in [4.69, 9.17) is 11.6 Å². The van der Waals surface area contributed by atoms with Crippen LogP contribution in [0.25, 0.3) is 0 Å². The highest BCUT2D eigenvalue weighted by Crippen LogP contribution is 2.27. The third kappa shape index (κ3) is 5.22. The van der Waals surface area contributed by atoms with Crippen molar-refractivity contribution in [1.82, 2.24) is 9.21 Å². The summed E-state index contributed by atoms with van der Waals surface area (Å²) in [5.41, 5.74) is 2.61. The maximum absolute atomic E-state index is 12.4. The van der Waals surface area contributed by atoms with Crippen LogP contribution in [-0.2, 0) is 23.0 Å². The molecule has 0 aromatic heterocycles. The number of aryl methyl sites for hydroxylation is 1. The largest absolute Gasteiger partial charge is 0.323 e. The molecule has 2 amide bonds. The van der Waals surface area contributed by atoms with Crippen LogP contribution in [0.3, 0.4) is 0 Å². The van der Waals surface area contributed by atoms with E-state index in [-0.39, 0.29) is 15.9 Å². The van der Waals surface area contributed by atoms with Crippen molar-refractivity contribution >= 4 is 33.3 Å². The van der Waals surface area contributed by atoms with Gasteiger partial charge in [-0.15, -0.1) is 0 Å². The first-order valence-electron chi connectivity index (χ1n) is 8.47. The Kier molecular flexibility index (Phi) is 6.86. The van der Waals surface area contributed by atoms with Crippen LogP contribution >= 0.6 is 11.6 Å². The second-order valence-corrected chi connectivity index (χ2v) is 8.92. The van der Waals surface area contributed by atoms with E-state index in [9.17, 15) is 13.2 Å². The molecule has 0 aliphatic carbocycles. The number of halogens is 1. The lowest BCUT2D eigenvalue weighted by Gasteiger charge is -2.19. The first-order chi connectivity index (χ1) is 12.6. The zero-order valence-corrected chi connectivity index (χ0v) is 17.4. The average molecular weight is 410 g/mol. The summed E-state index contributed by atoms with van der Waals surface area (Å²) in [6.07, 6.45) is 0.964. The maximum Gasteiger partial charge on any atom is 0.321 e. The normalized spacial score (nSPS) is 11.5. The van der Waals surface area contributed by atoms with Crippen LogP contribution in [0, 0.1) is 0 Å². The molecule has 0 spiro atoms. The second kappa shape index (κ2) is 8.73. The van der Waals surface area contributed by atoms with Gasteiger partial charge in [0, 0.05) is 33.4 Å². The molecule has 0 radical (unpaired) electrons. The van der Waals surface area contributed by atoms with Crippen molar-refractivity contribution in [3.05, 3.63) is 58.6 Å². The number of rotatable bonds is 6. The number of urea groups is 1. The third-order valence-electron chi connectivity index (χ3n) is 4.14. The van der Waals surface area contributed by atoms with E-state index < -0.39 is 10.0 Å². The number of benzene rings is 2. The van der Waals surface area contributed by atoms with Gasteiger partial charge >= 0.3 is 6.03 Å². The van der Waals surface area contributed by atoms with Gasteiger partial charge in [0.2, 0.25) is 10.0 Å². The molecule has 0 unspecified atom stereocenters. The Labute approximate surface area is 165 Å². The van der Waals surface area contributed by atoms with Gasteiger partial charge in [-0.25, -0.2) is 17.5 Å². The van der Waals surface area contributed by atoms with Gasteiger partial charge in [0.15, 0.2) is 0 Å². The van der Waals surface area contributed by atoms with Crippen LogP contribution in [-0.4, -0.2) is 44.8 Å². The monoisotopic (exact) mass is 409 g/mol. The number of hydrogen-bond donors (Lipinski definition) is 1. The molecule has 2 rings (SSSR count). The van der Waals surface area contributed by atoms with E-state index >= 15 is 0 Å². The Morgan fingerprint density at radius 2 is 1.63 bits per heavy atom. The summed E-state index contributed by atoms with van der Waals surface area (Å²) < 4.78 is 25.7. The molecule has 1 N–H and O–H groups in total. The zero-order chi connectivity index (χ0) is 20.2. The summed E-state index contributed by atoms with van der Waals surface area (Å²) in [5.74, 6) is 0. The van der Waals surface area contributed by atoms with Crippen LogP contribution < -0.4 is 5.32 Å². The first-order valence-corrected chi connectivity index (χ1v) is 10.3. The number of carbonyl (C=O) groups is 1. The standard InChI is InChI=1S/C19H24ClN3O3S/c1-5-14-6-8-15(9-7-14)13-23(4)19(24)21-16-10-11-17(20)18(12-16)27(25,26)22(2)3/h6-12H,5,13H2,1-4H3,(H,21,24). The predicted molar refractivity (Wildman–Crippen MR) is 109 cm³/mol. The minimum absolute atomic E-state index is 0.0511. The third-order valence-corrected chi connectivity index (χ3v) is 6.44. The molecule has 2 aromatic carbocycles. The number of sulfonamides is 1. The van der Waals surface area contributed by atoms with Crippen LogP contribution in [0.15, 0.2) is 47.4 Å². The van der Waals surface area contributed by atoms with Gasteiger partial charge in [-0.1, -0.05) is 42.8 Å². The van der Waals surface area contributed by atoms with Crippen molar-refractivity contribution < 1.29 is 13.2 Å². The quantitative estimate of drug-likeness (QED) is 0.788. The van der Waals surface area contributed by atoms with Crippen LogP contribution in [0.2, 0.25) is 5.02 Å². The van der Waals surface area contributed by atoms with E-state index in [0.29, 0.717) is 12.2 Å². The maximum atomic E-state index is 12.4. The lowest BCUT2D eigenvalue weighted by molar-refractivity contribution is 0.220. The van der Waals surface area contributed by atoms with E-state index in [2.05, 4.69) is 12.2 Å². The molecule has 146 valence electrons. The summed E-state index contributed by atoms with van der Waals surface area (Å²) >= 11 is 6.03. The molecule has 0 heterocycles. The SMILES string of the molecule is CCc1ccc(CN(C)C(=O)Nc2ccc(Cl)c(S(=O)(=O)N(C)C)c2)cc1. The minimum Gasteiger partial charge on any atom is -0.323 e. The number of carbonyl (C=O) groups excluding carboxylic acids is 1. The molecule has 0 atom stereocenters. The smallest absolute Gasteiger partial charge is 0.321 e. The zero-order valence-electron chi connectivity index (χ0n) is 15.9. The summed E-state index contributed by atoms with van der Waals surface area (Å²) in [6, 6.07) is 12.1. The number of amides is 2. The van der Waals surface area contributed by atoms with Crippen molar-refractivity contribution in [2.45, 2.75) is 24.8 Å². The van der Waals surface area contributed by atoms with Crippen molar-refractivity contribution in [3.63, 3.8) is 0 Å². The molecule has 27 heavy (non-hydrogen) atoms. The van der Waals surface area contributed by atoms with E-state index in [1.807, 2.05) is 24.3 Å². The van der Waals surface area contributed by atoms with E-state index in [1.54, 1.807) is 13.1 Å². The molecule has 0 saturated carbocycles. The Balaban J connectivity index is 2.12. The Bertz CT molecular complexity index is 912. The summed E-state index contributed by atoms with van der Waals surface area (Å²) in [6.45, 7) is 2.53. The average Bonchev–Trinajstić information content (AvgIpc) is 2.63. The van der Waals surface area contributed by atoms with Gasteiger partial charge < -0.3 is 10.2 Å². The van der Waals surface area contributed by atoms with Gasteiger partial charge in [-0.2, -0.15) is 0 Å². The second-order valence-electron chi connectivity index (χ2n) is 6.39. The minimum atomic E-state index is -3.70. The van der Waals surface area contributed by atoms with Gasteiger partial charge in [0.25, 0.3) is 0 Å². The molecule has 0 aliphatic rings. The number of nitrogens with one attached hydrogen (secondary N) is 1. The van der Waals surface area contributed by atoms with Crippen molar-refractivity contribution in [1.29, 1.82) is 0 Å². The topological polar surface area (TPSA) is 69.7 Å². The molecule has 8 heteroatoms. The lowest BCUT2D eigenvalue weighted by atomic mass is 10.1. The number of hydrogen-bond acceptors (Lipinski definition) is 3. The van der Waals surface area contributed by atoms with Gasteiger partial charge in [0.05, 0.1) is 5.02 Å². The highest BCUT2D eigenvalue weighted by Gasteiger charge is 2.21. The molecular weight excluding hydrogens is 386 g/mol. The van der Waals surface area contributed by atoms with Crippen LogP contribution in [0.4, 0.5) is 10.5 Å². The summed E-state index contributed by atoms with van der Waals surface area (Å²) in [7, 11) is 0.822. The van der Waals surface area contributed by atoms with Crippen LogP contribution in [0.1, 0.15) is 18.1 Å². The molecule has 2 aromatic rings. The van der Waals surface area contributed by atoms with Gasteiger partial charge in [0.1, 0.15) is 4.90 Å². The molecule has 0 saturated heterocycles. The molecular formula is C19H24ClN3O3S. The Hall–Kier alpha value is -2.09. The van der Waals surface area contributed by atoms with Crippen LogP contribution in [0.5, 0.6) is 0 Å². The molecule has 0 bridgehead atoms. The molecule has 6 nitrogen and oxygen atoms in total. The summed E-state index contributed by atoms with van der Waals surface area (Å²) in [5, 5.41) is 2.81. The van der Waals surface area contributed by atoms with Gasteiger partial charge in [-0.05, 0) is 35.7 Å². The van der Waals surface area contributed by atoms with Crippen molar-refractivity contribution in [2.75, 3.05) is 26.5 Å². The number of nitrogens with zero attached hydrogens (tertiary/aromatic N) is 2. The summed E-state index contributed by atoms with van der Waals surface area (Å²) in [4.78, 5) is 13.9. The van der Waals surface area contributed by atoms with E-state index in [0.717, 1.165) is 16.3 Å². The first kappa shape index (κ1) is 21.2. The fraction of sp³-hybridized carbons (Fsp3) is 0.316. The Morgan fingerprint density at radius 1 is 1.04 bits per heavy atom. The van der Waals surface area contributed by atoms with Crippen molar-refractivity contribution in [3.8, 4) is 0 Å². The fourth-order valence-corrected chi connectivity index (χ4v) is 3.81. The molecule has 0 fully saturated rings. The predicted octanol–water partition coefficient (Wildman–Crippen LogP) is 3.82. The Morgan fingerprint density at radius 3 is 2.19 bits per heavy atom. The highest BCUT2D eigenvalue weighted by molar-refractivity contribution is 7.89. The molecule has 0 aliphatic heterocycles. The number of anilines is 1. The lowest BCUT2D eigenvalue weighted by Crippen LogP contribution is -2.31. The fourth-order valence-electron chi connectivity index (χ4n) is 2.42. The van der Waals surface area contributed by atoms with Crippen molar-refractivity contribution in [2.24, 2.45) is 0 Å². The van der Waals surface area contributed by atoms with E-state index in [1.165, 1.54) is 36.7 Å². The van der Waals surface area contributed by atoms with Gasteiger partial charge in [-0.3, -0.25) is 0 Å².